The van der Waals surface area contributed by atoms with Crippen molar-refractivity contribution in [3.63, 3.8) is 0 Å². The van der Waals surface area contributed by atoms with Gasteiger partial charge in [0.15, 0.2) is 5.96 Å². The van der Waals surface area contributed by atoms with E-state index in [0.29, 0.717) is 11.4 Å². The fourth-order valence-corrected chi connectivity index (χ4v) is 3.62. The second kappa shape index (κ2) is 7.97. The zero-order chi connectivity index (χ0) is 20.4. The number of aromatic amines is 1. The van der Waals surface area contributed by atoms with Gasteiger partial charge in [-0.15, -0.1) is 0 Å². The molecule has 150 valence electrons. The van der Waals surface area contributed by atoms with Crippen LogP contribution in [-0.2, 0) is 6.54 Å². The summed E-state index contributed by atoms with van der Waals surface area (Å²) in [4.78, 5) is 19.0. The number of nitrogens with two attached hydrogens (primary N) is 1. The summed E-state index contributed by atoms with van der Waals surface area (Å²) in [5.74, 6) is 0.893. The third-order valence-corrected chi connectivity index (χ3v) is 5.28. The predicted molar refractivity (Wildman–Crippen MR) is 113 cm³/mol. The lowest BCUT2D eigenvalue weighted by atomic mass is 10.2. The molecule has 1 fully saturated rings. The Bertz CT molecular complexity index is 1050. The first-order valence-electron chi connectivity index (χ1n) is 9.74. The first-order valence-corrected chi connectivity index (χ1v) is 9.74. The average Bonchev–Trinajstić information content (AvgIpc) is 3.37. The van der Waals surface area contributed by atoms with Gasteiger partial charge in [0.1, 0.15) is 17.2 Å². The van der Waals surface area contributed by atoms with Crippen LogP contribution in [0.1, 0.15) is 28.9 Å². The number of carbonyl (C=O) groups is 1. The zero-order valence-corrected chi connectivity index (χ0v) is 16.4. The largest absolute Gasteiger partial charge is 0.457 e. The molecule has 29 heavy (non-hydrogen) atoms. The highest BCUT2D eigenvalue weighted by Crippen LogP contribution is 2.29. The van der Waals surface area contributed by atoms with E-state index in [1.165, 1.54) is 25.5 Å². The lowest BCUT2D eigenvalue weighted by Gasteiger charge is -2.17. The van der Waals surface area contributed by atoms with Crippen LogP contribution < -0.4 is 10.5 Å². The molecule has 2 heterocycles. The molecule has 4 N–H and O–H groups in total. The van der Waals surface area contributed by atoms with Crippen molar-refractivity contribution < 1.29 is 9.53 Å². The number of carbonyl (C=O) groups excluding carboxylic acids is 1. The van der Waals surface area contributed by atoms with Crippen molar-refractivity contribution in [2.45, 2.75) is 19.4 Å². The molecule has 1 aliphatic heterocycles. The summed E-state index contributed by atoms with van der Waals surface area (Å²) >= 11 is 0. The summed E-state index contributed by atoms with van der Waals surface area (Å²) in [6.45, 7) is 3.15. The molecule has 1 saturated heterocycles. The van der Waals surface area contributed by atoms with Crippen LogP contribution in [0, 0.1) is 5.41 Å². The van der Waals surface area contributed by atoms with E-state index in [4.69, 9.17) is 15.9 Å². The third kappa shape index (κ3) is 4.09. The minimum atomic E-state index is -0.355. The van der Waals surface area contributed by atoms with Crippen LogP contribution in [0.25, 0.3) is 10.9 Å². The smallest absolute Gasteiger partial charge is 0.276 e. The highest BCUT2D eigenvalue weighted by atomic mass is 16.5. The van der Waals surface area contributed by atoms with Crippen LogP contribution in [0.4, 0.5) is 0 Å². The minimum Gasteiger partial charge on any atom is -0.457 e. The van der Waals surface area contributed by atoms with E-state index in [0.717, 1.165) is 41.2 Å². The number of benzene rings is 2. The molecule has 4 rings (SSSR count). The summed E-state index contributed by atoms with van der Waals surface area (Å²) in [5, 5.41) is 8.31. The highest BCUT2D eigenvalue weighted by Gasteiger charge is 2.17. The molecule has 0 unspecified atom stereocenters. The molecule has 0 spiro atoms. The molecule has 3 aromatic rings. The Hall–Kier alpha value is -3.32. The maximum Gasteiger partial charge on any atom is 0.276 e. The zero-order valence-electron chi connectivity index (χ0n) is 16.4. The van der Waals surface area contributed by atoms with Crippen LogP contribution in [0.5, 0.6) is 11.5 Å². The fourth-order valence-electron chi connectivity index (χ4n) is 3.62. The first-order chi connectivity index (χ1) is 14.0. The van der Waals surface area contributed by atoms with E-state index in [1.807, 2.05) is 36.4 Å². The van der Waals surface area contributed by atoms with Crippen molar-refractivity contribution in [3.8, 4) is 11.5 Å². The highest BCUT2D eigenvalue weighted by molar-refractivity contribution is 6.05. The van der Waals surface area contributed by atoms with Crippen molar-refractivity contribution in [2.24, 2.45) is 5.73 Å². The predicted octanol–water partition coefficient (Wildman–Crippen LogP) is 3.52. The number of ether oxygens (including phenoxy) is 1. The van der Waals surface area contributed by atoms with Crippen molar-refractivity contribution in [1.82, 2.24) is 14.8 Å². The standard InChI is InChI=1S/C22H25N5O2/c1-26(22(23)24)21(28)19-12-15-8-9-17(13-18(15)25-19)29-20-7-3-2-6-16(20)14-27-10-4-5-11-27/h2-3,6-9,12-13,25H,4-5,10-11,14H2,1H3,(H3,23,24). The maximum absolute atomic E-state index is 12.4. The SMILES string of the molecule is CN(C(=N)N)C(=O)c1cc2ccc(Oc3ccccc3CN3CCCC3)cc2[nH]1. The number of nitrogens with one attached hydrogen (secondary N) is 2. The first kappa shape index (κ1) is 19.0. The van der Waals surface area contributed by atoms with Crippen molar-refractivity contribution in [1.29, 1.82) is 5.41 Å². The number of hydrogen-bond donors (Lipinski definition) is 3. The van der Waals surface area contributed by atoms with Gasteiger partial charge in [-0.1, -0.05) is 18.2 Å². The number of fused-ring (bicyclic) bond motifs is 1. The fraction of sp³-hybridized carbons (Fsp3) is 0.273. The molecule has 0 saturated carbocycles. The number of rotatable bonds is 5. The molecule has 1 aromatic heterocycles. The summed E-state index contributed by atoms with van der Waals surface area (Å²) < 4.78 is 6.19. The Morgan fingerprint density at radius 1 is 1.21 bits per heavy atom. The monoisotopic (exact) mass is 391 g/mol. The molecule has 1 aliphatic rings. The Balaban J connectivity index is 1.56. The van der Waals surface area contributed by atoms with Gasteiger partial charge in [-0.3, -0.25) is 20.0 Å². The average molecular weight is 391 g/mol. The van der Waals surface area contributed by atoms with Gasteiger partial charge in [-0.05, 0) is 50.2 Å². The van der Waals surface area contributed by atoms with E-state index in [-0.39, 0.29) is 11.9 Å². The Morgan fingerprint density at radius 2 is 1.97 bits per heavy atom. The molecule has 2 aromatic carbocycles. The van der Waals surface area contributed by atoms with Gasteiger partial charge < -0.3 is 15.5 Å². The van der Waals surface area contributed by atoms with Gasteiger partial charge in [-0.25, -0.2) is 0 Å². The molecule has 0 atom stereocenters. The van der Waals surface area contributed by atoms with E-state index < -0.39 is 0 Å². The van der Waals surface area contributed by atoms with Crippen LogP contribution in [0.15, 0.2) is 48.5 Å². The maximum atomic E-state index is 12.4. The molecule has 7 nitrogen and oxygen atoms in total. The number of amides is 1. The minimum absolute atomic E-state index is 0.299. The summed E-state index contributed by atoms with van der Waals surface area (Å²) in [6, 6.07) is 15.5. The van der Waals surface area contributed by atoms with Crippen LogP contribution >= 0.6 is 0 Å². The molecule has 0 radical (unpaired) electrons. The van der Waals surface area contributed by atoms with Gasteiger partial charge in [0, 0.05) is 36.1 Å². The van der Waals surface area contributed by atoms with Crippen LogP contribution in [0.3, 0.4) is 0 Å². The number of aromatic nitrogens is 1. The van der Waals surface area contributed by atoms with Crippen LogP contribution in [0.2, 0.25) is 0 Å². The van der Waals surface area contributed by atoms with E-state index in [9.17, 15) is 4.79 Å². The lowest BCUT2D eigenvalue weighted by molar-refractivity contribution is 0.0864. The van der Waals surface area contributed by atoms with Gasteiger partial charge in [0.05, 0.1) is 0 Å². The molecule has 7 heteroatoms. The summed E-state index contributed by atoms with van der Waals surface area (Å²) in [7, 11) is 1.47. The summed E-state index contributed by atoms with van der Waals surface area (Å²) in [5.41, 5.74) is 7.74. The number of nitrogens with zero attached hydrogens (tertiary/aromatic N) is 2. The molecule has 0 aliphatic carbocycles. The summed E-state index contributed by atoms with van der Waals surface area (Å²) in [6.07, 6.45) is 2.51. The molecule has 1 amide bonds. The van der Waals surface area contributed by atoms with Crippen molar-refractivity contribution in [2.75, 3.05) is 20.1 Å². The normalized spacial score (nSPS) is 14.2. The Kier molecular flexibility index (Phi) is 5.22. The number of H-pyrrole nitrogens is 1. The van der Waals surface area contributed by atoms with Crippen molar-refractivity contribution in [3.05, 3.63) is 59.8 Å². The number of hydrogen-bond acceptors (Lipinski definition) is 4. The van der Waals surface area contributed by atoms with Crippen LogP contribution in [-0.4, -0.2) is 46.8 Å². The topological polar surface area (TPSA) is 98.4 Å². The van der Waals surface area contributed by atoms with Crippen molar-refractivity contribution >= 4 is 22.8 Å². The lowest BCUT2D eigenvalue weighted by Crippen LogP contribution is -2.38. The quantitative estimate of drug-likeness (QED) is 0.458. The Morgan fingerprint density at radius 3 is 2.72 bits per heavy atom. The van der Waals surface area contributed by atoms with E-state index in [1.54, 1.807) is 6.07 Å². The molecule has 0 bridgehead atoms. The van der Waals surface area contributed by atoms with E-state index >= 15 is 0 Å². The van der Waals surface area contributed by atoms with E-state index in [2.05, 4.69) is 16.0 Å². The van der Waals surface area contributed by atoms with Gasteiger partial charge in [-0.2, -0.15) is 0 Å². The van der Waals surface area contributed by atoms with Gasteiger partial charge >= 0.3 is 0 Å². The second-order valence-electron chi connectivity index (χ2n) is 7.37. The second-order valence-corrected chi connectivity index (χ2v) is 7.37. The molecular formula is C22H25N5O2. The number of guanidine groups is 1. The van der Waals surface area contributed by atoms with Gasteiger partial charge in [0.2, 0.25) is 0 Å². The molecular weight excluding hydrogens is 366 g/mol. The number of likely N-dealkylation sites (tertiary alicyclic amines) is 1. The number of para-hydroxylation sites is 1. The third-order valence-electron chi connectivity index (χ3n) is 5.28. The van der Waals surface area contributed by atoms with Gasteiger partial charge in [0.25, 0.3) is 5.91 Å². The Labute approximate surface area is 169 Å².